The molecular formula is C11H13ClO3S. The fourth-order valence-corrected chi connectivity index (χ4v) is 3.70. The second-order valence-electron chi connectivity index (χ2n) is 3.98. The average Bonchev–Trinajstić information content (AvgIpc) is 2.56. The third-order valence-electron chi connectivity index (χ3n) is 3.06. The highest BCUT2D eigenvalue weighted by Gasteiger charge is 2.38. The first-order chi connectivity index (χ1) is 7.45. The van der Waals surface area contributed by atoms with E-state index < -0.39 is 21.2 Å². The quantitative estimate of drug-likeness (QED) is 0.881. The summed E-state index contributed by atoms with van der Waals surface area (Å²) in [5.41, 5.74) is 1.52. The van der Waals surface area contributed by atoms with Crippen LogP contribution in [-0.4, -0.2) is 24.5 Å². The molecule has 0 aliphatic heterocycles. The molecule has 1 aromatic carbocycles. The zero-order valence-corrected chi connectivity index (χ0v) is 10.4. The van der Waals surface area contributed by atoms with E-state index in [0.717, 1.165) is 5.56 Å². The number of aliphatic hydroxyl groups is 1. The predicted octanol–water partition coefficient (Wildman–Crippen LogP) is 1.73. The summed E-state index contributed by atoms with van der Waals surface area (Å²) in [4.78, 5) is 0. The number of aliphatic hydroxyl groups excluding tert-OH is 1. The van der Waals surface area contributed by atoms with Crippen LogP contribution in [0.4, 0.5) is 0 Å². The Morgan fingerprint density at radius 2 is 2.19 bits per heavy atom. The van der Waals surface area contributed by atoms with E-state index in [9.17, 15) is 13.5 Å². The first-order valence-corrected chi connectivity index (χ1v) is 7.23. The van der Waals surface area contributed by atoms with E-state index in [2.05, 4.69) is 0 Å². The normalized spacial score (nSPS) is 24.4. The lowest BCUT2D eigenvalue weighted by molar-refractivity contribution is 0.182. The summed E-state index contributed by atoms with van der Waals surface area (Å²) in [6, 6.07) is 5.10. The number of hydrogen-bond donors (Lipinski definition) is 1. The largest absolute Gasteiger partial charge is 0.387 e. The van der Waals surface area contributed by atoms with Gasteiger partial charge in [0.05, 0.1) is 11.4 Å². The fourth-order valence-electron chi connectivity index (χ4n) is 2.11. The zero-order valence-electron chi connectivity index (χ0n) is 8.85. The first kappa shape index (κ1) is 11.9. The molecule has 2 atom stereocenters. The molecule has 0 spiro atoms. The zero-order chi connectivity index (χ0) is 11.9. The van der Waals surface area contributed by atoms with Crippen molar-refractivity contribution in [1.29, 1.82) is 0 Å². The van der Waals surface area contributed by atoms with Crippen LogP contribution in [0.3, 0.4) is 0 Å². The van der Waals surface area contributed by atoms with Crippen molar-refractivity contribution >= 4 is 21.4 Å². The Morgan fingerprint density at radius 1 is 1.50 bits per heavy atom. The third kappa shape index (κ3) is 1.85. The van der Waals surface area contributed by atoms with Gasteiger partial charge in [-0.15, -0.1) is 0 Å². The fraction of sp³-hybridized carbons (Fsp3) is 0.455. The summed E-state index contributed by atoms with van der Waals surface area (Å²) >= 11 is 5.84. The minimum Gasteiger partial charge on any atom is -0.387 e. The molecule has 0 saturated carbocycles. The van der Waals surface area contributed by atoms with Gasteiger partial charge in [0, 0.05) is 10.8 Å². The van der Waals surface area contributed by atoms with E-state index in [-0.39, 0.29) is 5.75 Å². The first-order valence-electron chi connectivity index (χ1n) is 5.13. The van der Waals surface area contributed by atoms with Crippen LogP contribution in [0.5, 0.6) is 0 Å². The van der Waals surface area contributed by atoms with Crippen molar-refractivity contribution in [2.24, 2.45) is 0 Å². The Hall–Kier alpha value is -0.580. The number of halogens is 1. The molecule has 1 N–H and O–H groups in total. The lowest BCUT2D eigenvalue weighted by Gasteiger charge is -2.14. The maximum atomic E-state index is 11.8. The van der Waals surface area contributed by atoms with Crippen LogP contribution >= 0.6 is 11.6 Å². The Bertz CT molecular complexity index is 510. The van der Waals surface area contributed by atoms with Gasteiger partial charge in [-0.3, -0.25) is 0 Å². The van der Waals surface area contributed by atoms with E-state index in [1.165, 1.54) is 0 Å². The minimum absolute atomic E-state index is 0.0520. The molecule has 1 aliphatic carbocycles. The van der Waals surface area contributed by atoms with Gasteiger partial charge in [0.15, 0.2) is 9.84 Å². The van der Waals surface area contributed by atoms with Gasteiger partial charge >= 0.3 is 0 Å². The molecule has 1 aliphatic rings. The van der Waals surface area contributed by atoms with Crippen LogP contribution in [0.1, 0.15) is 24.2 Å². The molecule has 0 saturated heterocycles. The van der Waals surface area contributed by atoms with Gasteiger partial charge in [-0.1, -0.05) is 24.6 Å². The third-order valence-corrected chi connectivity index (χ3v) is 5.45. The molecule has 0 amide bonds. The molecule has 16 heavy (non-hydrogen) atoms. The lowest BCUT2D eigenvalue weighted by atomic mass is 10.1. The van der Waals surface area contributed by atoms with Gasteiger partial charge in [0.25, 0.3) is 0 Å². The van der Waals surface area contributed by atoms with Crippen LogP contribution in [0.2, 0.25) is 5.02 Å². The van der Waals surface area contributed by atoms with Crippen molar-refractivity contribution < 1.29 is 13.5 Å². The van der Waals surface area contributed by atoms with Crippen LogP contribution in [0.15, 0.2) is 18.2 Å². The highest BCUT2D eigenvalue weighted by Crippen LogP contribution is 2.36. The second-order valence-corrected chi connectivity index (χ2v) is 6.93. The number of hydrogen-bond acceptors (Lipinski definition) is 3. The smallest absolute Gasteiger partial charge is 0.156 e. The summed E-state index contributed by atoms with van der Waals surface area (Å²) in [7, 11) is -3.22. The van der Waals surface area contributed by atoms with Crippen LogP contribution in [-0.2, 0) is 16.3 Å². The van der Waals surface area contributed by atoms with Crippen LogP contribution < -0.4 is 0 Å². The van der Waals surface area contributed by atoms with E-state index >= 15 is 0 Å². The van der Waals surface area contributed by atoms with Crippen molar-refractivity contribution in [3.05, 3.63) is 34.3 Å². The van der Waals surface area contributed by atoms with Crippen molar-refractivity contribution in [1.82, 2.24) is 0 Å². The highest BCUT2D eigenvalue weighted by molar-refractivity contribution is 7.92. The van der Waals surface area contributed by atoms with E-state index in [4.69, 9.17) is 11.6 Å². The molecule has 5 heteroatoms. The molecule has 1 aromatic rings. The Kier molecular flexibility index (Phi) is 2.99. The Morgan fingerprint density at radius 3 is 2.81 bits per heavy atom. The highest BCUT2D eigenvalue weighted by atomic mass is 35.5. The summed E-state index contributed by atoms with van der Waals surface area (Å²) < 4.78 is 23.5. The molecule has 0 bridgehead atoms. The number of sulfone groups is 1. The number of fused-ring (bicyclic) bond motifs is 1. The van der Waals surface area contributed by atoms with Crippen molar-refractivity contribution in [2.75, 3.05) is 5.75 Å². The van der Waals surface area contributed by atoms with Crippen molar-refractivity contribution in [3.8, 4) is 0 Å². The monoisotopic (exact) mass is 260 g/mol. The summed E-state index contributed by atoms with van der Waals surface area (Å²) in [5, 5.41) is 9.83. The molecule has 0 heterocycles. The van der Waals surface area contributed by atoms with Crippen molar-refractivity contribution in [3.63, 3.8) is 0 Å². The average molecular weight is 261 g/mol. The van der Waals surface area contributed by atoms with Gasteiger partial charge < -0.3 is 5.11 Å². The molecule has 0 radical (unpaired) electrons. The van der Waals surface area contributed by atoms with E-state index in [1.54, 1.807) is 25.1 Å². The van der Waals surface area contributed by atoms with E-state index in [0.29, 0.717) is 17.0 Å². The summed E-state index contributed by atoms with van der Waals surface area (Å²) in [6.07, 6.45) is -0.565. The Balaban J connectivity index is 2.41. The number of rotatable bonds is 2. The van der Waals surface area contributed by atoms with E-state index in [1.807, 2.05) is 0 Å². The molecule has 2 rings (SSSR count). The van der Waals surface area contributed by atoms with Crippen LogP contribution in [0.25, 0.3) is 0 Å². The topological polar surface area (TPSA) is 54.4 Å². The van der Waals surface area contributed by atoms with Gasteiger partial charge in [0.1, 0.15) is 0 Å². The molecular weight excluding hydrogens is 248 g/mol. The summed E-state index contributed by atoms with van der Waals surface area (Å²) in [6.45, 7) is 1.60. The minimum atomic E-state index is -3.22. The summed E-state index contributed by atoms with van der Waals surface area (Å²) in [5.74, 6) is 0.0520. The van der Waals surface area contributed by atoms with Gasteiger partial charge in [-0.05, 0) is 29.7 Å². The number of benzene rings is 1. The SMILES string of the molecule is CCS(=O)(=O)C1Cc2cc(Cl)ccc2C1O. The standard InChI is InChI=1S/C11H13ClO3S/c1-2-16(14,15)10-6-7-5-8(12)3-4-9(7)11(10)13/h3-5,10-11,13H,2,6H2,1H3. The molecule has 0 aromatic heterocycles. The second kappa shape index (κ2) is 4.02. The molecule has 0 fully saturated rings. The molecule has 3 nitrogen and oxygen atoms in total. The van der Waals surface area contributed by atoms with Gasteiger partial charge in [-0.2, -0.15) is 0 Å². The van der Waals surface area contributed by atoms with Gasteiger partial charge in [-0.25, -0.2) is 8.42 Å². The lowest BCUT2D eigenvalue weighted by Crippen LogP contribution is -2.27. The van der Waals surface area contributed by atoms with Gasteiger partial charge in [0.2, 0.25) is 0 Å². The molecule has 88 valence electrons. The van der Waals surface area contributed by atoms with Crippen LogP contribution in [0, 0.1) is 0 Å². The predicted molar refractivity (Wildman–Crippen MR) is 63.4 cm³/mol. The Labute approximate surface area is 100.0 Å². The maximum absolute atomic E-state index is 11.8. The molecule has 2 unspecified atom stereocenters. The van der Waals surface area contributed by atoms with Crippen molar-refractivity contribution in [2.45, 2.75) is 24.7 Å². The maximum Gasteiger partial charge on any atom is 0.156 e.